The quantitative estimate of drug-likeness (QED) is 0.328. The van der Waals surface area contributed by atoms with Gasteiger partial charge in [-0.3, -0.25) is 9.78 Å². The van der Waals surface area contributed by atoms with Crippen LogP contribution in [-0.2, 0) is 16.1 Å². The van der Waals surface area contributed by atoms with Crippen LogP contribution < -0.4 is 10.2 Å². The van der Waals surface area contributed by atoms with Crippen LogP contribution in [0.5, 0.6) is 5.75 Å². The summed E-state index contributed by atoms with van der Waals surface area (Å²) in [4.78, 5) is 32.3. The lowest BCUT2D eigenvalue weighted by atomic mass is 10.2. The van der Waals surface area contributed by atoms with E-state index >= 15 is 0 Å². The Morgan fingerprint density at radius 2 is 1.84 bits per heavy atom. The zero-order valence-electron chi connectivity index (χ0n) is 16.9. The zero-order valence-corrected chi connectivity index (χ0v) is 16.9. The molecule has 0 fully saturated rings. The minimum absolute atomic E-state index is 0.0130. The van der Waals surface area contributed by atoms with E-state index in [4.69, 9.17) is 9.84 Å². The largest absolute Gasteiger partial charge is 0.481 e. The maximum Gasteiger partial charge on any atom is 0.341 e. The van der Waals surface area contributed by atoms with Crippen molar-refractivity contribution >= 4 is 29.1 Å². The number of imidazole rings is 1. The van der Waals surface area contributed by atoms with Crippen LogP contribution in [0.3, 0.4) is 0 Å². The van der Waals surface area contributed by atoms with Gasteiger partial charge in [0, 0.05) is 11.8 Å². The average molecular weight is 429 g/mol. The van der Waals surface area contributed by atoms with E-state index in [0.29, 0.717) is 22.8 Å². The van der Waals surface area contributed by atoms with Crippen molar-refractivity contribution in [1.29, 1.82) is 0 Å². The molecule has 0 bridgehead atoms. The van der Waals surface area contributed by atoms with Gasteiger partial charge in [-0.15, -0.1) is 0 Å². The summed E-state index contributed by atoms with van der Waals surface area (Å²) >= 11 is 0. The number of carbonyl (C=O) groups is 2. The molecule has 0 saturated heterocycles. The number of ether oxygens (including phenoxy) is 1. The number of aromatic nitrogens is 3. The Bertz CT molecular complexity index is 1280. The average Bonchev–Trinajstić information content (AvgIpc) is 3.17. The number of nitrogens with one attached hydrogen (secondary N) is 1. The number of rotatable bonds is 8. The summed E-state index contributed by atoms with van der Waals surface area (Å²) in [5.74, 6) is -0.504. The standard InChI is InChI=1S/C23H19N5O4/c29-21(27-25-13-16-7-1-4-11-20(16)32-15-22(30)31)14-28-19-10-3-2-8-17(19)26-23(28)18-9-5-6-12-24-18/h1-13H,14-15H2,(H,27,29)(H,30,31)/b25-13+. The van der Waals surface area contributed by atoms with Crippen molar-refractivity contribution in [3.63, 3.8) is 0 Å². The van der Waals surface area contributed by atoms with E-state index in [1.165, 1.54) is 6.21 Å². The molecule has 0 unspecified atom stereocenters. The van der Waals surface area contributed by atoms with Gasteiger partial charge in [-0.1, -0.05) is 30.3 Å². The Morgan fingerprint density at radius 3 is 2.66 bits per heavy atom. The van der Waals surface area contributed by atoms with E-state index in [-0.39, 0.29) is 12.5 Å². The van der Waals surface area contributed by atoms with Crippen molar-refractivity contribution in [1.82, 2.24) is 20.0 Å². The lowest BCUT2D eigenvalue weighted by Crippen LogP contribution is -2.23. The maximum absolute atomic E-state index is 12.6. The second-order valence-corrected chi connectivity index (χ2v) is 6.74. The predicted molar refractivity (Wildman–Crippen MR) is 118 cm³/mol. The van der Waals surface area contributed by atoms with E-state index in [0.717, 1.165) is 11.0 Å². The molecule has 4 aromatic rings. The van der Waals surface area contributed by atoms with Crippen LogP contribution >= 0.6 is 0 Å². The van der Waals surface area contributed by atoms with Gasteiger partial charge in [0.05, 0.1) is 17.2 Å². The number of pyridine rings is 1. The Kier molecular flexibility index (Phi) is 6.17. The highest BCUT2D eigenvalue weighted by molar-refractivity contribution is 5.87. The number of carboxylic acids is 1. The minimum Gasteiger partial charge on any atom is -0.481 e. The molecule has 0 aliphatic rings. The predicted octanol–water partition coefficient (Wildman–Crippen LogP) is 2.71. The molecule has 9 nitrogen and oxygen atoms in total. The highest BCUT2D eigenvalue weighted by Gasteiger charge is 2.15. The summed E-state index contributed by atoms with van der Waals surface area (Å²) in [6, 6.07) is 19.9. The molecule has 1 amide bonds. The summed E-state index contributed by atoms with van der Waals surface area (Å²) < 4.78 is 7.02. The van der Waals surface area contributed by atoms with Crippen molar-refractivity contribution in [2.75, 3.05) is 6.61 Å². The van der Waals surface area contributed by atoms with E-state index in [9.17, 15) is 9.59 Å². The number of nitrogens with zero attached hydrogens (tertiary/aromatic N) is 4. The number of hydrazone groups is 1. The van der Waals surface area contributed by atoms with Crippen LogP contribution in [0.25, 0.3) is 22.6 Å². The van der Waals surface area contributed by atoms with Gasteiger partial charge in [-0.05, 0) is 36.4 Å². The number of fused-ring (bicyclic) bond motifs is 1. The molecule has 0 aliphatic carbocycles. The van der Waals surface area contributed by atoms with Crippen molar-refractivity contribution in [2.24, 2.45) is 5.10 Å². The molecule has 0 spiro atoms. The van der Waals surface area contributed by atoms with Crippen LogP contribution in [0.1, 0.15) is 5.56 Å². The molecule has 2 heterocycles. The van der Waals surface area contributed by atoms with E-state index in [1.54, 1.807) is 35.0 Å². The lowest BCUT2D eigenvalue weighted by molar-refractivity contribution is -0.139. The molecule has 32 heavy (non-hydrogen) atoms. The first-order valence-electron chi connectivity index (χ1n) is 9.74. The summed E-state index contributed by atoms with van der Waals surface area (Å²) in [6.07, 6.45) is 3.08. The van der Waals surface area contributed by atoms with Crippen LogP contribution in [0.15, 0.2) is 78.0 Å². The first-order chi connectivity index (χ1) is 15.6. The number of amides is 1. The molecule has 0 saturated carbocycles. The van der Waals surface area contributed by atoms with Crippen molar-refractivity contribution in [3.05, 3.63) is 78.5 Å². The number of benzene rings is 2. The fourth-order valence-electron chi connectivity index (χ4n) is 3.14. The molecule has 2 aromatic carbocycles. The normalized spacial score (nSPS) is 11.0. The van der Waals surface area contributed by atoms with Gasteiger partial charge in [0.2, 0.25) is 0 Å². The Hall–Kier alpha value is -4.53. The fourth-order valence-corrected chi connectivity index (χ4v) is 3.14. The molecule has 0 radical (unpaired) electrons. The van der Waals surface area contributed by atoms with E-state index in [1.807, 2.05) is 42.5 Å². The highest BCUT2D eigenvalue weighted by atomic mass is 16.5. The zero-order chi connectivity index (χ0) is 22.3. The first kappa shape index (κ1) is 20.7. The van der Waals surface area contributed by atoms with Crippen molar-refractivity contribution in [3.8, 4) is 17.3 Å². The second kappa shape index (κ2) is 9.52. The maximum atomic E-state index is 12.6. The molecule has 160 valence electrons. The summed E-state index contributed by atoms with van der Waals surface area (Å²) in [5, 5.41) is 12.8. The van der Waals surface area contributed by atoms with Crippen molar-refractivity contribution in [2.45, 2.75) is 6.54 Å². The SMILES string of the molecule is O=C(O)COc1ccccc1/C=N/NC(=O)Cn1c(-c2ccccn2)nc2ccccc21. The molecular weight excluding hydrogens is 410 g/mol. The number of aliphatic carboxylic acids is 1. The number of carbonyl (C=O) groups excluding carboxylic acids is 1. The third kappa shape index (κ3) is 4.78. The molecular formula is C23H19N5O4. The summed E-state index contributed by atoms with van der Waals surface area (Å²) in [5.41, 5.74) is 5.25. The van der Waals surface area contributed by atoms with Crippen LogP contribution in [-0.4, -0.2) is 44.3 Å². The Morgan fingerprint density at radius 1 is 1.06 bits per heavy atom. The number of carboxylic acid groups (broad SMARTS) is 1. The smallest absolute Gasteiger partial charge is 0.341 e. The van der Waals surface area contributed by atoms with Gasteiger partial charge >= 0.3 is 5.97 Å². The van der Waals surface area contributed by atoms with Crippen LogP contribution in [0.2, 0.25) is 0 Å². The van der Waals surface area contributed by atoms with Crippen LogP contribution in [0.4, 0.5) is 0 Å². The third-order valence-corrected chi connectivity index (χ3v) is 4.51. The van der Waals surface area contributed by atoms with Gasteiger partial charge in [0.15, 0.2) is 12.4 Å². The molecule has 2 aromatic heterocycles. The minimum atomic E-state index is -1.08. The van der Waals surface area contributed by atoms with Gasteiger partial charge in [-0.2, -0.15) is 5.10 Å². The fraction of sp³-hybridized carbons (Fsp3) is 0.0870. The second-order valence-electron chi connectivity index (χ2n) is 6.74. The molecule has 0 atom stereocenters. The Labute approximate surface area is 183 Å². The number of hydrogen-bond acceptors (Lipinski definition) is 6. The van der Waals surface area contributed by atoms with Gasteiger partial charge in [0.25, 0.3) is 5.91 Å². The van der Waals surface area contributed by atoms with Gasteiger partial charge in [-0.25, -0.2) is 15.2 Å². The van der Waals surface area contributed by atoms with Gasteiger partial charge in [0.1, 0.15) is 18.0 Å². The van der Waals surface area contributed by atoms with Crippen molar-refractivity contribution < 1.29 is 19.4 Å². The first-order valence-corrected chi connectivity index (χ1v) is 9.74. The summed E-state index contributed by atoms with van der Waals surface area (Å²) in [7, 11) is 0. The number of para-hydroxylation sites is 3. The lowest BCUT2D eigenvalue weighted by Gasteiger charge is -2.08. The number of hydrogen-bond donors (Lipinski definition) is 2. The monoisotopic (exact) mass is 429 g/mol. The van der Waals surface area contributed by atoms with E-state index in [2.05, 4.69) is 20.5 Å². The topological polar surface area (TPSA) is 119 Å². The Balaban J connectivity index is 1.52. The third-order valence-electron chi connectivity index (χ3n) is 4.51. The summed E-state index contributed by atoms with van der Waals surface area (Å²) in [6.45, 7) is -0.484. The highest BCUT2D eigenvalue weighted by Crippen LogP contribution is 2.23. The molecule has 4 rings (SSSR count). The van der Waals surface area contributed by atoms with E-state index < -0.39 is 12.6 Å². The van der Waals surface area contributed by atoms with Gasteiger partial charge < -0.3 is 14.4 Å². The molecule has 0 aliphatic heterocycles. The molecule has 9 heteroatoms. The van der Waals surface area contributed by atoms with Crippen LogP contribution in [0, 0.1) is 0 Å². The molecule has 2 N–H and O–H groups in total.